The number of nitrogens with one attached hydrogen (secondary N) is 2. The monoisotopic (exact) mass is 330 g/mol. The average Bonchev–Trinajstić information content (AvgIpc) is 3.19. The van der Waals surface area contributed by atoms with Crippen LogP contribution in [-0.2, 0) is 13.2 Å². The van der Waals surface area contributed by atoms with Gasteiger partial charge in [0.05, 0.1) is 0 Å². The summed E-state index contributed by atoms with van der Waals surface area (Å²) in [5, 5.41) is 12.3. The van der Waals surface area contributed by atoms with Gasteiger partial charge in [-0.25, -0.2) is 10.1 Å². The van der Waals surface area contributed by atoms with Crippen molar-refractivity contribution in [2.24, 2.45) is 0 Å². The Morgan fingerprint density at radius 3 is 2.60 bits per heavy atom. The zero-order valence-corrected chi connectivity index (χ0v) is 13.6. The normalized spacial score (nSPS) is 10.7. The maximum atomic E-state index is 6.11. The maximum absolute atomic E-state index is 6.11. The molecule has 3 aromatic carbocycles. The summed E-state index contributed by atoms with van der Waals surface area (Å²) in [6.07, 6.45) is 1.48. The molecule has 0 bridgehead atoms. The first-order valence-electron chi connectivity index (χ1n) is 8.17. The van der Waals surface area contributed by atoms with Crippen LogP contribution in [0.15, 0.2) is 73.1 Å². The van der Waals surface area contributed by atoms with Crippen molar-refractivity contribution in [3.63, 3.8) is 0 Å². The lowest BCUT2D eigenvalue weighted by molar-refractivity contribution is 0.304. The van der Waals surface area contributed by atoms with Crippen molar-refractivity contribution in [3.05, 3.63) is 84.2 Å². The van der Waals surface area contributed by atoms with Gasteiger partial charge in [0.2, 0.25) is 5.95 Å². The first kappa shape index (κ1) is 15.2. The van der Waals surface area contributed by atoms with Crippen LogP contribution in [0.4, 0.5) is 5.95 Å². The van der Waals surface area contributed by atoms with Crippen LogP contribution in [0.1, 0.15) is 11.1 Å². The van der Waals surface area contributed by atoms with E-state index in [9.17, 15) is 0 Å². The van der Waals surface area contributed by atoms with Gasteiger partial charge in [-0.3, -0.25) is 0 Å². The minimum absolute atomic E-state index is 0.536. The Hall–Kier alpha value is -3.34. The van der Waals surface area contributed by atoms with E-state index in [4.69, 9.17) is 4.74 Å². The summed E-state index contributed by atoms with van der Waals surface area (Å²) < 4.78 is 6.11. The van der Waals surface area contributed by atoms with Crippen molar-refractivity contribution < 1.29 is 4.74 Å². The molecular weight excluding hydrogens is 312 g/mol. The van der Waals surface area contributed by atoms with Gasteiger partial charge in [-0.2, -0.15) is 5.10 Å². The number of anilines is 1. The third kappa shape index (κ3) is 3.45. The van der Waals surface area contributed by atoms with Crippen molar-refractivity contribution >= 4 is 16.7 Å². The van der Waals surface area contributed by atoms with E-state index >= 15 is 0 Å². The van der Waals surface area contributed by atoms with Crippen LogP contribution in [0, 0.1) is 0 Å². The minimum Gasteiger partial charge on any atom is -0.489 e. The fraction of sp³-hybridized carbons (Fsp3) is 0.100. The van der Waals surface area contributed by atoms with Crippen molar-refractivity contribution in [2.75, 3.05) is 5.32 Å². The topological polar surface area (TPSA) is 62.8 Å². The second-order valence-corrected chi connectivity index (χ2v) is 5.73. The fourth-order valence-corrected chi connectivity index (χ4v) is 2.83. The molecule has 0 spiro atoms. The molecule has 0 fully saturated rings. The molecule has 0 unspecified atom stereocenters. The van der Waals surface area contributed by atoms with E-state index in [1.165, 1.54) is 17.1 Å². The van der Waals surface area contributed by atoms with E-state index in [2.05, 4.69) is 50.8 Å². The Labute approximate surface area is 145 Å². The number of benzene rings is 3. The molecular formula is C20H18N4O. The molecule has 0 aliphatic heterocycles. The highest BCUT2D eigenvalue weighted by atomic mass is 16.5. The third-order valence-electron chi connectivity index (χ3n) is 4.08. The highest BCUT2D eigenvalue weighted by molar-refractivity contribution is 5.88. The lowest BCUT2D eigenvalue weighted by Crippen LogP contribution is -2.05. The van der Waals surface area contributed by atoms with Gasteiger partial charge in [0, 0.05) is 12.1 Å². The molecule has 0 amide bonds. The van der Waals surface area contributed by atoms with Crippen LogP contribution >= 0.6 is 0 Å². The Bertz CT molecular complexity index is 952. The van der Waals surface area contributed by atoms with Crippen molar-refractivity contribution in [1.29, 1.82) is 0 Å². The number of fused-ring (bicyclic) bond motifs is 1. The maximum Gasteiger partial charge on any atom is 0.218 e. The molecule has 124 valence electrons. The van der Waals surface area contributed by atoms with Crippen molar-refractivity contribution in [1.82, 2.24) is 15.2 Å². The SMILES string of the molecule is c1ccc(COc2ccc3ccccc3c2CNc2ncn[nH]2)cc1. The third-order valence-corrected chi connectivity index (χ3v) is 4.08. The zero-order chi connectivity index (χ0) is 16.9. The number of hydrogen-bond donors (Lipinski definition) is 2. The molecule has 0 atom stereocenters. The number of ether oxygens (including phenoxy) is 1. The summed E-state index contributed by atoms with van der Waals surface area (Å²) in [5.74, 6) is 1.51. The molecule has 2 N–H and O–H groups in total. The highest BCUT2D eigenvalue weighted by Gasteiger charge is 2.10. The van der Waals surface area contributed by atoms with E-state index in [-0.39, 0.29) is 0 Å². The van der Waals surface area contributed by atoms with E-state index in [1.807, 2.05) is 36.4 Å². The summed E-state index contributed by atoms with van der Waals surface area (Å²) >= 11 is 0. The summed E-state index contributed by atoms with van der Waals surface area (Å²) in [6, 6.07) is 22.6. The van der Waals surface area contributed by atoms with Gasteiger partial charge >= 0.3 is 0 Å². The van der Waals surface area contributed by atoms with Crippen molar-refractivity contribution in [3.8, 4) is 5.75 Å². The largest absolute Gasteiger partial charge is 0.489 e. The first-order chi connectivity index (χ1) is 12.4. The van der Waals surface area contributed by atoms with Crippen LogP contribution < -0.4 is 10.1 Å². The number of rotatable bonds is 6. The molecule has 4 aromatic rings. The summed E-state index contributed by atoms with van der Waals surface area (Å²) in [6.45, 7) is 1.13. The Kier molecular flexibility index (Phi) is 4.29. The minimum atomic E-state index is 0.536. The Morgan fingerprint density at radius 1 is 0.920 bits per heavy atom. The van der Waals surface area contributed by atoms with E-state index in [1.54, 1.807) is 0 Å². The lowest BCUT2D eigenvalue weighted by atomic mass is 10.0. The predicted octanol–water partition coefficient (Wildman–Crippen LogP) is 4.15. The van der Waals surface area contributed by atoms with Crippen LogP contribution in [0.3, 0.4) is 0 Å². The molecule has 0 aliphatic rings. The molecule has 0 saturated heterocycles. The van der Waals surface area contributed by atoms with E-state index < -0.39 is 0 Å². The second kappa shape index (κ2) is 7.05. The molecule has 5 nitrogen and oxygen atoms in total. The van der Waals surface area contributed by atoms with Crippen LogP contribution in [0.25, 0.3) is 10.8 Å². The van der Waals surface area contributed by atoms with Gasteiger partial charge in [-0.05, 0) is 22.4 Å². The molecule has 25 heavy (non-hydrogen) atoms. The van der Waals surface area contributed by atoms with Crippen LogP contribution in [-0.4, -0.2) is 15.2 Å². The number of aromatic amines is 1. The van der Waals surface area contributed by atoms with E-state index in [0.717, 1.165) is 16.9 Å². The summed E-state index contributed by atoms with van der Waals surface area (Å²) in [7, 11) is 0. The standard InChI is InChI=1S/C20H18N4O/c1-2-6-15(7-3-1)13-25-19-11-10-16-8-4-5-9-17(16)18(19)12-21-20-22-14-23-24-20/h1-11,14H,12-13H2,(H2,21,22,23,24). The van der Waals surface area contributed by atoms with Crippen molar-refractivity contribution in [2.45, 2.75) is 13.2 Å². The Balaban J connectivity index is 1.63. The van der Waals surface area contributed by atoms with Gasteiger partial charge < -0.3 is 10.1 Å². The highest BCUT2D eigenvalue weighted by Crippen LogP contribution is 2.29. The average molecular weight is 330 g/mol. The summed E-state index contributed by atoms with van der Waals surface area (Å²) in [4.78, 5) is 4.12. The lowest BCUT2D eigenvalue weighted by Gasteiger charge is -2.15. The fourth-order valence-electron chi connectivity index (χ4n) is 2.83. The molecule has 0 radical (unpaired) electrons. The molecule has 4 rings (SSSR count). The molecule has 5 heteroatoms. The van der Waals surface area contributed by atoms with Gasteiger partial charge in [-0.1, -0.05) is 60.7 Å². The zero-order valence-electron chi connectivity index (χ0n) is 13.6. The second-order valence-electron chi connectivity index (χ2n) is 5.73. The molecule has 1 heterocycles. The van der Waals surface area contributed by atoms with Crippen LogP contribution in [0.5, 0.6) is 5.75 Å². The van der Waals surface area contributed by atoms with Gasteiger partial charge in [-0.15, -0.1) is 0 Å². The predicted molar refractivity (Wildman–Crippen MR) is 98.4 cm³/mol. The first-order valence-corrected chi connectivity index (χ1v) is 8.17. The van der Waals surface area contributed by atoms with Gasteiger partial charge in [0.15, 0.2) is 0 Å². The summed E-state index contributed by atoms with van der Waals surface area (Å²) in [5.41, 5.74) is 2.25. The number of H-pyrrole nitrogens is 1. The quantitative estimate of drug-likeness (QED) is 0.557. The van der Waals surface area contributed by atoms with Gasteiger partial charge in [0.1, 0.15) is 18.7 Å². The molecule has 1 aromatic heterocycles. The van der Waals surface area contributed by atoms with E-state index in [0.29, 0.717) is 19.1 Å². The Morgan fingerprint density at radius 2 is 1.76 bits per heavy atom. The number of hydrogen-bond acceptors (Lipinski definition) is 4. The smallest absolute Gasteiger partial charge is 0.218 e. The molecule has 0 aliphatic carbocycles. The number of nitrogens with zero attached hydrogens (tertiary/aromatic N) is 2. The molecule has 0 saturated carbocycles. The van der Waals surface area contributed by atoms with Crippen LogP contribution in [0.2, 0.25) is 0 Å². The number of aromatic nitrogens is 3. The van der Waals surface area contributed by atoms with Gasteiger partial charge in [0.25, 0.3) is 0 Å².